The van der Waals surface area contributed by atoms with Gasteiger partial charge in [-0.25, -0.2) is 0 Å². The molecule has 6 nitrogen and oxygen atoms in total. The number of piperidine rings is 1. The van der Waals surface area contributed by atoms with Gasteiger partial charge in [-0.05, 0) is 31.4 Å². The Bertz CT molecular complexity index is 584. The molecule has 1 saturated heterocycles. The van der Waals surface area contributed by atoms with Crippen LogP contribution in [0.1, 0.15) is 28.8 Å². The first-order chi connectivity index (χ1) is 9.52. The van der Waals surface area contributed by atoms with Crippen molar-refractivity contribution in [2.75, 3.05) is 13.1 Å². The Morgan fingerprint density at radius 3 is 2.65 bits per heavy atom. The molecule has 2 rings (SSSR count). The lowest BCUT2D eigenvalue weighted by molar-refractivity contribution is -0.385. The standard InChI is InChI=1S/C14H15N3O3/c1-10-2-3-13(17(19)20)12(8-10)14(18)16-6-4-11(9-15)5-7-16/h2-3,8,11H,4-7H2,1H3. The van der Waals surface area contributed by atoms with Crippen molar-refractivity contribution < 1.29 is 9.72 Å². The molecule has 1 aromatic rings. The number of likely N-dealkylation sites (tertiary alicyclic amines) is 1. The van der Waals surface area contributed by atoms with E-state index in [2.05, 4.69) is 6.07 Å². The minimum absolute atomic E-state index is 0.0217. The maximum absolute atomic E-state index is 12.4. The van der Waals surface area contributed by atoms with Crippen LogP contribution in [0.2, 0.25) is 0 Å². The molecule has 1 aliphatic rings. The van der Waals surface area contributed by atoms with Crippen molar-refractivity contribution >= 4 is 11.6 Å². The van der Waals surface area contributed by atoms with Gasteiger partial charge in [-0.1, -0.05) is 6.07 Å². The maximum Gasteiger partial charge on any atom is 0.282 e. The fraction of sp³-hybridized carbons (Fsp3) is 0.429. The molecule has 6 heteroatoms. The molecule has 20 heavy (non-hydrogen) atoms. The highest BCUT2D eigenvalue weighted by Crippen LogP contribution is 2.24. The fourth-order valence-electron chi connectivity index (χ4n) is 2.36. The third-order valence-electron chi connectivity index (χ3n) is 3.54. The number of hydrogen-bond acceptors (Lipinski definition) is 4. The molecule has 0 bridgehead atoms. The van der Waals surface area contributed by atoms with E-state index in [9.17, 15) is 14.9 Å². The van der Waals surface area contributed by atoms with E-state index in [1.165, 1.54) is 6.07 Å². The van der Waals surface area contributed by atoms with Crippen LogP contribution in [0, 0.1) is 34.3 Å². The molecule has 0 radical (unpaired) electrons. The lowest BCUT2D eigenvalue weighted by atomic mass is 9.97. The number of nitriles is 1. The molecular weight excluding hydrogens is 258 g/mol. The summed E-state index contributed by atoms with van der Waals surface area (Å²) in [5.74, 6) is -0.344. The highest BCUT2D eigenvalue weighted by atomic mass is 16.6. The minimum atomic E-state index is -0.533. The Labute approximate surface area is 116 Å². The van der Waals surface area contributed by atoms with Crippen LogP contribution in [0.15, 0.2) is 18.2 Å². The fourth-order valence-corrected chi connectivity index (χ4v) is 2.36. The average molecular weight is 273 g/mol. The molecule has 0 spiro atoms. The molecule has 1 fully saturated rings. The molecule has 1 heterocycles. The summed E-state index contributed by atoms with van der Waals surface area (Å²) in [6, 6.07) is 6.74. The molecular formula is C14H15N3O3. The van der Waals surface area contributed by atoms with E-state index in [4.69, 9.17) is 5.26 Å². The second-order valence-electron chi connectivity index (χ2n) is 4.97. The number of nitro benzene ring substituents is 1. The van der Waals surface area contributed by atoms with E-state index < -0.39 is 4.92 Å². The monoisotopic (exact) mass is 273 g/mol. The molecule has 1 aliphatic heterocycles. The van der Waals surface area contributed by atoms with Gasteiger partial charge in [-0.2, -0.15) is 5.26 Å². The van der Waals surface area contributed by atoms with Crippen LogP contribution in [0.4, 0.5) is 5.69 Å². The van der Waals surface area contributed by atoms with Gasteiger partial charge in [-0.15, -0.1) is 0 Å². The molecule has 1 amide bonds. The number of carbonyl (C=O) groups excluding carboxylic acids is 1. The maximum atomic E-state index is 12.4. The number of carbonyl (C=O) groups is 1. The Morgan fingerprint density at radius 2 is 2.10 bits per heavy atom. The van der Waals surface area contributed by atoms with Crippen LogP contribution >= 0.6 is 0 Å². The lowest BCUT2D eigenvalue weighted by Crippen LogP contribution is -2.38. The van der Waals surface area contributed by atoms with Crippen molar-refractivity contribution in [3.8, 4) is 6.07 Å². The van der Waals surface area contributed by atoms with Gasteiger partial charge in [0, 0.05) is 25.1 Å². The summed E-state index contributed by atoms with van der Waals surface area (Å²) in [6.45, 7) is 2.74. The summed E-state index contributed by atoms with van der Waals surface area (Å²) in [5.41, 5.74) is 0.777. The Kier molecular flexibility index (Phi) is 3.99. The first kappa shape index (κ1) is 14.0. The van der Waals surface area contributed by atoms with E-state index in [0.717, 1.165) is 5.56 Å². The number of rotatable bonds is 2. The van der Waals surface area contributed by atoms with E-state index >= 15 is 0 Å². The summed E-state index contributed by atoms with van der Waals surface area (Å²) < 4.78 is 0. The summed E-state index contributed by atoms with van der Waals surface area (Å²) in [5, 5.41) is 19.9. The van der Waals surface area contributed by atoms with E-state index in [-0.39, 0.29) is 23.1 Å². The van der Waals surface area contributed by atoms with Gasteiger partial charge in [0.05, 0.1) is 11.0 Å². The molecule has 0 unspecified atom stereocenters. The third kappa shape index (κ3) is 2.77. The Morgan fingerprint density at radius 1 is 1.45 bits per heavy atom. The van der Waals surface area contributed by atoms with E-state index in [1.807, 2.05) is 0 Å². The van der Waals surface area contributed by atoms with Crippen molar-refractivity contribution in [2.45, 2.75) is 19.8 Å². The molecule has 0 aromatic heterocycles. The molecule has 0 atom stereocenters. The van der Waals surface area contributed by atoms with Crippen molar-refractivity contribution in [1.82, 2.24) is 4.90 Å². The molecule has 104 valence electrons. The molecule has 1 aromatic carbocycles. The number of nitrogens with zero attached hydrogens (tertiary/aromatic N) is 3. The number of nitro groups is 1. The van der Waals surface area contributed by atoms with Gasteiger partial charge in [0.15, 0.2) is 0 Å². The zero-order chi connectivity index (χ0) is 14.7. The highest BCUT2D eigenvalue weighted by Gasteiger charge is 2.28. The predicted octanol–water partition coefficient (Wildman–Crippen LogP) is 2.28. The summed E-state index contributed by atoms with van der Waals surface area (Å²) in [7, 11) is 0. The van der Waals surface area contributed by atoms with Gasteiger partial charge in [0.2, 0.25) is 0 Å². The first-order valence-corrected chi connectivity index (χ1v) is 6.47. The molecule has 0 N–H and O–H groups in total. The second-order valence-corrected chi connectivity index (χ2v) is 4.97. The zero-order valence-corrected chi connectivity index (χ0v) is 11.2. The second kappa shape index (κ2) is 5.70. The van der Waals surface area contributed by atoms with Crippen LogP contribution in [-0.4, -0.2) is 28.8 Å². The number of hydrogen-bond donors (Lipinski definition) is 0. The predicted molar refractivity (Wildman–Crippen MR) is 72.1 cm³/mol. The molecule has 0 aliphatic carbocycles. The van der Waals surface area contributed by atoms with Crippen LogP contribution in [-0.2, 0) is 0 Å². The minimum Gasteiger partial charge on any atom is -0.338 e. The van der Waals surface area contributed by atoms with Crippen LogP contribution < -0.4 is 0 Å². The van der Waals surface area contributed by atoms with Crippen molar-refractivity contribution in [3.63, 3.8) is 0 Å². The zero-order valence-electron chi connectivity index (χ0n) is 11.2. The third-order valence-corrected chi connectivity index (χ3v) is 3.54. The van der Waals surface area contributed by atoms with Gasteiger partial charge in [0.25, 0.3) is 11.6 Å². The van der Waals surface area contributed by atoms with E-state index in [1.54, 1.807) is 24.0 Å². The van der Waals surface area contributed by atoms with Crippen LogP contribution in [0.25, 0.3) is 0 Å². The first-order valence-electron chi connectivity index (χ1n) is 6.47. The van der Waals surface area contributed by atoms with E-state index in [0.29, 0.717) is 25.9 Å². The summed E-state index contributed by atoms with van der Waals surface area (Å²) in [6.07, 6.45) is 1.25. The van der Waals surface area contributed by atoms with Gasteiger partial charge in [-0.3, -0.25) is 14.9 Å². The summed E-state index contributed by atoms with van der Waals surface area (Å²) >= 11 is 0. The number of aryl methyl sites for hydroxylation is 1. The van der Waals surface area contributed by atoms with Gasteiger partial charge < -0.3 is 4.90 Å². The SMILES string of the molecule is Cc1ccc([N+](=O)[O-])c(C(=O)N2CCC(C#N)CC2)c1. The average Bonchev–Trinajstić information content (AvgIpc) is 2.46. The van der Waals surface area contributed by atoms with Crippen molar-refractivity contribution in [1.29, 1.82) is 5.26 Å². The smallest absolute Gasteiger partial charge is 0.282 e. The van der Waals surface area contributed by atoms with Crippen molar-refractivity contribution in [2.24, 2.45) is 5.92 Å². The van der Waals surface area contributed by atoms with Gasteiger partial charge in [0.1, 0.15) is 5.56 Å². The largest absolute Gasteiger partial charge is 0.338 e. The van der Waals surface area contributed by atoms with Crippen LogP contribution in [0.3, 0.4) is 0 Å². The number of benzene rings is 1. The lowest BCUT2D eigenvalue weighted by Gasteiger charge is -2.29. The summed E-state index contributed by atoms with van der Waals surface area (Å²) in [4.78, 5) is 24.5. The normalized spacial score (nSPS) is 15.7. The topological polar surface area (TPSA) is 87.2 Å². The Hall–Kier alpha value is -2.42. The Balaban J connectivity index is 2.24. The number of amides is 1. The highest BCUT2D eigenvalue weighted by molar-refractivity contribution is 5.98. The molecule has 0 saturated carbocycles. The quantitative estimate of drug-likeness (QED) is 0.611. The van der Waals surface area contributed by atoms with Crippen LogP contribution in [0.5, 0.6) is 0 Å². The van der Waals surface area contributed by atoms with Gasteiger partial charge >= 0.3 is 0 Å². The van der Waals surface area contributed by atoms with Crippen molar-refractivity contribution in [3.05, 3.63) is 39.4 Å².